The number of halogens is 2. The fourth-order valence-corrected chi connectivity index (χ4v) is 3.56. The van der Waals surface area contributed by atoms with Gasteiger partial charge in [-0.1, -0.05) is 38.1 Å². The molecule has 0 fully saturated rings. The maximum Gasteiger partial charge on any atom is 0.272 e. The van der Waals surface area contributed by atoms with Crippen LogP contribution in [-0.4, -0.2) is 17.1 Å². The van der Waals surface area contributed by atoms with E-state index in [0.717, 1.165) is 4.90 Å². The summed E-state index contributed by atoms with van der Waals surface area (Å²) in [5.74, 6) is -2.26. The number of carbonyl (C=O) groups is 2. The lowest BCUT2D eigenvalue weighted by Gasteiger charge is -2.16. The monoisotopic (exact) mass is 359 g/mol. The molecule has 2 amide bonds. The number of imide groups is 1. The van der Waals surface area contributed by atoms with E-state index in [1.807, 2.05) is 13.8 Å². The summed E-state index contributed by atoms with van der Waals surface area (Å²) in [6.07, 6.45) is 0. The van der Waals surface area contributed by atoms with Gasteiger partial charge in [-0.25, -0.2) is 13.7 Å². The molecule has 0 N–H and O–H groups in total. The smallest absolute Gasteiger partial charge is 0.268 e. The molecule has 0 radical (unpaired) electrons. The fraction of sp³-hybridized carbons (Fsp3) is 0.158. The summed E-state index contributed by atoms with van der Waals surface area (Å²) in [6.45, 7) is 3.78. The van der Waals surface area contributed by atoms with E-state index in [2.05, 4.69) is 0 Å². The lowest BCUT2D eigenvalue weighted by atomic mass is 10.1. The Balaban J connectivity index is 2.13. The van der Waals surface area contributed by atoms with Crippen molar-refractivity contribution >= 4 is 34.8 Å². The van der Waals surface area contributed by atoms with Gasteiger partial charge < -0.3 is 0 Å². The third-order valence-corrected chi connectivity index (χ3v) is 4.71. The SMILES string of the molecule is CC(C)SC1=C(c2ccc(F)cc2)C(=O)N(c2ccccc2F)C1=O. The highest BCUT2D eigenvalue weighted by Crippen LogP contribution is 2.40. The van der Waals surface area contributed by atoms with Crippen LogP contribution < -0.4 is 4.90 Å². The lowest BCUT2D eigenvalue weighted by molar-refractivity contribution is -0.119. The number of anilines is 1. The number of para-hydroxylation sites is 1. The number of nitrogens with zero attached hydrogens (tertiary/aromatic N) is 1. The second-order valence-electron chi connectivity index (χ2n) is 5.77. The fourth-order valence-electron chi connectivity index (χ4n) is 2.58. The van der Waals surface area contributed by atoms with Crippen LogP contribution in [0.4, 0.5) is 14.5 Å². The minimum Gasteiger partial charge on any atom is -0.268 e. The zero-order chi connectivity index (χ0) is 18.1. The van der Waals surface area contributed by atoms with Crippen LogP contribution >= 0.6 is 11.8 Å². The van der Waals surface area contributed by atoms with E-state index in [-0.39, 0.29) is 21.4 Å². The molecule has 0 aromatic heterocycles. The van der Waals surface area contributed by atoms with Crippen LogP contribution in [0.1, 0.15) is 19.4 Å². The van der Waals surface area contributed by atoms with Gasteiger partial charge in [0.25, 0.3) is 11.8 Å². The van der Waals surface area contributed by atoms with E-state index < -0.39 is 23.4 Å². The second-order valence-corrected chi connectivity index (χ2v) is 7.36. The maximum absolute atomic E-state index is 14.1. The third kappa shape index (κ3) is 3.22. The van der Waals surface area contributed by atoms with Gasteiger partial charge in [0.2, 0.25) is 0 Å². The zero-order valence-electron chi connectivity index (χ0n) is 13.6. The first-order valence-electron chi connectivity index (χ1n) is 7.70. The van der Waals surface area contributed by atoms with E-state index in [1.165, 1.54) is 54.2 Å². The van der Waals surface area contributed by atoms with Crippen molar-refractivity contribution in [1.29, 1.82) is 0 Å². The number of benzene rings is 2. The lowest BCUT2D eigenvalue weighted by Crippen LogP contribution is -2.32. The van der Waals surface area contributed by atoms with Gasteiger partial charge in [0.1, 0.15) is 11.6 Å². The number of hydrogen-bond acceptors (Lipinski definition) is 3. The Labute approximate surface area is 148 Å². The maximum atomic E-state index is 14.1. The largest absolute Gasteiger partial charge is 0.272 e. The third-order valence-electron chi connectivity index (χ3n) is 3.62. The van der Waals surface area contributed by atoms with Crippen molar-refractivity contribution in [3.63, 3.8) is 0 Å². The van der Waals surface area contributed by atoms with Crippen molar-refractivity contribution in [1.82, 2.24) is 0 Å². The molecule has 3 rings (SSSR count). The van der Waals surface area contributed by atoms with Crippen LogP contribution in [0, 0.1) is 11.6 Å². The van der Waals surface area contributed by atoms with E-state index in [1.54, 1.807) is 6.07 Å². The Morgan fingerprint density at radius 3 is 2.16 bits per heavy atom. The Morgan fingerprint density at radius 2 is 1.56 bits per heavy atom. The molecule has 3 nitrogen and oxygen atoms in total. The molecule has 0 unspecified atom stereocenters. The van der Waals surface area contributed by atoms with E-state index in [9.17, 15) is 18.4 Å². The number of hydrogen-bond donors (Lipinski definition) is 0. The van der Waals surface area contributed by atoms with Crippen LogP contribution in [0.15, 0.2) is 53.4 Å². The summed E-state index contributed by atoms with van der Waals surface area (Å²) < 4.78 is 27.4. The first-order valence-corrected chi connectivity index (χ1v) is 8.58. The zero-order valence-corrected chi connectivity index (χ0v) is 14.4. The van der Waals surface area contributed by atoms with Gasteiger partial charge in [0.05, 0.1) is 16.2 Å². The quantitative estimate of drug-likeness (QED) is 0.760. The van der Waals surface area contributed by atoms with Crippen LogP contribution in [0.2, 0.25) is 0 Å². The molecule has 128 valence electrons. The van der Waals surface area contributed by atoms with E-state index in [0.29, 0.717) is 5.56 Å². The van der Waals surface area contributed by atoms with Crippen LogP contribution in [0.25, 0.3) is 5.57 Å². The minimum atomic E-state index is -0.654. The summed E-state index contributed by atoms with van der Waals surface area (Å²) in [5.41, 5.74) is 0.519. The summed E-state index contributed by atoms with van der Waals surface area (Å²) in [5, 5.41) is 0.0442. The Morgan fingerprint density at radius 1 is 0.920 bits per heavy atom. The van der Waals surface area contributed by atoms with Crippen molar-refractivity contribution in [3.05, 3.63) is 70.6 Å². The second kappa shape index (κ2) is 6.80. The van der Waals surface area contributed by atoms with Crippen LogP contribution in [-0.2, 0) is 9.59 Å². The van der Waals surface area contributed by atoms with Gasteiger partial charge in [-0.3, -0.25) is 9.59 Å². The normalized spacial score (nSPS) is 14.8. The first-order chi connectivity index (χ1) is 11.9. The average molecular weight is 359 g/mol. The average Bonchev–Trinajstić information content (AvgIpc) is 2.80. The summed E-state index contributed by atoms with van der Waals surface area (Å²) in [7, 11) is 0. The first kappa shape index (κ1) is 17.4. The molecule has 6 heteroatoms. The molecule has 0 aliphatic carbocycles. The van der Waals surface area contributed by atoms with Crippen molar-refractivity contribution in [2.45, 2.75) is 19.1 Å². The molecular weight excluding hydrogens is 344 g/mol. The Hall–Kier alpha value is -2.47. The molecule has 0 atom stereocenters. The molecule has 2 aromatic carbocycles. The Bertz CT molecular complexity index is 875. The van der Waals surface area contributed by atoms with Crippen molar-refractivity contribution < 1.29 is 18.4 Å². The molecule has 25 heavy (non-hydrogen) atoms. The highest BCUT2D eigenvalue weighted by Gasteiger charge is 2.41. The molecule has 0 spiro atoms. The highest BCUT2D eigenvalue weighted by molar-refractivity contribution is 8.04. The van der Waals surface area contributed by atoms with E-state index in [4.69, 9.17) is 0 Å². The van der Waals surface area contributed by atoms with Gasteiger partial charge in [-0.2, -0.15) is 0 Å². The standard InChI is InChI=1S/C19H15F2NO2S/c1-11(2)25-17-16(12-7-9-13(20)10-8-12)18(23)22(19(17)24)15-6-4-3-5-14(15)21/h3-11H,1-2H3. The van der Waals surface area contributed by atoms with Crippen molar-refractivity contribution in [2.75, 3.05) is 4.90 Å². The van der Waals surface area contributed by atoms with Gasteiger partial charge in [-0.15, -0.1) is 11.8 Å². The summed E-state index contributed by atoms with van der Waals surface area (Å²) >= 11 is 1.24. The van der Waals surface area contributed by atoms with Crippen molar-refractivity contribution in [2.24, 2.45) is 0 Å². The van der Waals surface area contributed by atoms with Gasteiger partial charge in [0, 0.05) is 5.25 Å². The molecule has 1 heterocycles. The Kier molecular flexibility index (Phi) is 4.72. The molecule has 0 saturated carbocycles. The predicted molar refractivity (Wildman–Crippen MR) is 94.9 cm³/mol. The van der Waals surface area contributed by atoms with Crippen molar-refractivity contribution in [3.8, 4) is 0 Å². The number of carbonyl (C=O) groups excluding carboxylic acids is 2. The number of thioether (sulfide) groups is 1. The van der Waals surface area contributed by atoms with Crippen LogP contribution in [0.5, 0.6) is 0 Å². The number of rotatable bonds is 4. The van der Waals surface area contributed by atoms with Gasteiger partial charge in [0.15, 0.2) is 0 Å². The van der Waals surface area contributed by atoms with E-state index >= 15 is 0 Å². The molecular formula is C19H15F2NO2S. The predicted octanol–water partition coefficient (Wildman–Crippen LogP) is 4.39. The van der Waals surface area contributed by atoms with Gasteiger partial charge in [-0.05, 0) is 29.8 Å². The summed E-state index contributed by atoms with van der Waals surface area (Å²) in [4.78, 5) is 26.9. The number of amides is 2. The van der Waals surface area contributed by atoms with Gasteiger partial charge >= 0.3 is 0 Å². The van der Waals surface area contributed by atoms with Crippen LogP contribution in [0.3, 0.4) is 0 Å². The highest BCUT2D eigenvalue weighted by atomic mass is 32.2. The molecule has 2 aromatic rings. The minimum absolute atomic E-state index is 0.0442. The molecule has 1 aliphatic heterocycles. The topological polar surface area (TPSA) is 37.4 Å². The molecule has 1 aliphatic rings. The summed E-state index contributed by atoms with van der Waals surface area (Å²) in [6, 6.07) is 11.0. The molecule has 0 saturated heterocycles. The molecule has 0 bridgehead atoms.